The summed E-state index contributed by atoms with van der Waals surface area (Å²) in [6.45, 7) is 0. The summed E-state index contributed by atoms with van der Waals surface area (Å²) in [5, 5.41) is 12.2. The first-order chi connectivity index (χ1) is 6.29. The second-order valence-electron chi connectivity index (χ2n) is 4.01. The highest BCUT2D eigenvalue weighted by Gasteiger charge is 2.30. The van der Waals surface area contributed by atoms with E-state index in [2.05, 4.69) is 17.5 Å². The molecule has 1 nitrogen and oxygen atoms in total. The molecule has 1 N–H and O–H groups in total. The SMILES string of the molecule is OC1(CCc2cccs2)CCCC1. The van der Waals surface area contributed by atoms with Crippen LogP contribution in [0.4, 0.5) is 0 Å². The van der Waals surface area contributed by atoms with Gasteiger partial charge in [0.1, 0.15) is 0 Å². The fourth-order valence-electron chi connectivity index (χ4n) is 2.09. The number of hydrogen-bond donors (Lipinski definition) is 1. The Morgan fingerprint density at radius 1 is 1.38 bits per heavy atom. The van der Waals surface area contributed by atoms with E-state index in [1.165, 1.54) is 17.7 Å². The lowest BCUT2D eigenvalue weighted by molar-refractivity contribution is 0.0393. The molecule has 1 aliphatic carbocycles. The average Bonchev–Trinajstić information content (AvgIpc) is 2.72. The van der Waals surface area contributed by atoms with Crippen molar-refractivity contribution in [3.63, 3.8) is 0 Å². The van der Waals surface area contributed by atoms with Gasteiger partial charge in [0.25, 0.3) is 0 Å². The number of aryl methyl sites for hydroxylation is 1. The lowest BCUT2D eigenvalue weighted by atomic mass is 9.96. The van der Waals surface area contributed by atoms with Gasteiger partial charge in [-0.15, -0.1) is 11.3 Å². The Kier molecular flexibility index (Phi) is 2.70. The Morgan fingerprint density at radius 2 is 2.15 bits per heavy atom. The molecule has 1 aromatic heterocycles. The molecular weight excluding hydrogens is 180 g/mol. The number of aliphatic hydroxyl groups is 1. The van der Waals surface area contributed by atoms with Crippen LogP contribution in [0.2, 0.25) is 0 Å². The first kappa shape index (κ1) is 9.22. The summed E-state index contributed by atoms with van der Waals surface area (Å²) in [5.41, 5.74) is -0.329. The number of thiophene rings is 1. The lowest BCUT2D eigenvalue weighted by Crippen LogP contribution is -2.24. The van der Waals surface area contributed by atoms with E-state index < -0.39 is 0 Å². The third-order valence-corrected chi connectivity index (χ3v) is 3.89. The van der Waals surface area contributed by atoms with Gasteiger partial charge in [0.2, 0.25) is 0 Å². The van der Waals surface area contributed by atoms with E-state index in [1.807, 2.05) is 0 Å². The Labute approximate surface area is 83.4 Å². The summed E-state index contributed by atoms with van der Waals surface area (Å²) >= 11 is 1.79. The molecule has 0 aliphatic heterocycles. The Bertz CT molecular complexity index is 247. The highest BCUT2D eigenvalue weighted by atomic mass is 32.1. The van der Waals surface area contributed by atoms with Gasteiger partial charge in [0.05, 0.1) is 5.60 Å². The highest BCUT2D eigenvalue weighted by molar-refractivity contribution is 7.09. The first-order valence-electron chi connectivity index (χ1n) is 5.03. The molecule has 72 valence electrons. The Hall–Kier alpha value is -0.340. The quantitative estimate of drug-likeness (QED) is 0.788. The van der Waals surface area contributed by atoms with Gasteiger partial charge in [-0.3, -0.25) is 0 Å². The molecule has 13 heavy (non-hydrogen) atoms. The maximum Gasteiger partial charge on any atom is 0.0651 e. The second-order valence-corrected chi connectivity index (χ2v) is 5.04. The zero-order chi connectivity index (χ0) is 9.15. The van der Waals surface area contributed by atoms with Gasteiger partial charge in [0, 0.05) is 4.88 Å². The molecule has 2 rings (SSSR count). The molecule has 0 unspecified atom stereocenters. The van der Waals surface area contributed by atoms with Crippen LogP contribution in [0.1, 0.15) is 37.0 Å². The average molecular weight is 196 g/mol. The molecule has 0 aromatic carbocycles. The summed E-state index contributed by atoms with van der Waals surface area (Å²) in [6.07, 6.45) is 6.44. The zero-order valence-electron chi connectivity index (χ0n) is 7.83. The van der Waals surface area contributed by atoms with Crippen LogP contribution in [0.15, 0.2) is 17.5 Å². The standard InChI is InChI=1S/C11H16OS/c12-11(6-1-2-7-11)8-5-10-4-3-9-13-10/h3-4,9,12H,1-2,5-8H2. The fraction of sp³-hybridized carbons (Fsp3) is 0.636. The van der Waals surface area contributed by atoms with Crippen molar-refractivity contribution in [2.24, 2.45) is 0 Å². The molecule has 1 saturated carbocycles. The molecule has 1 heterocycles. The molecule has 0 amide bonds. The summed E-state index contributed by atoms with van der Waals surface area (Å²) in [5.74, 6) is 0. The summed E-state index contributed by atoms with van der Waals surface area (Å²) in [7, 11) is 0. The predicted molar refractivity (Wildman–Crippen MR) is 56.1 cm³/mol. The van der Waals surface area contributed by atoms with Gasteiger partial charge in [-0.25, -0.2) is 0 Å². The normalized spacial score (nSPS) is 20.7. The smallest absolute Gasteiger partial charge is 0.0651 e. The molecule has 1 fully saturated rings. The molecule has 1 aromatic rings. The van der Waals surface area contributed by atoms with Crippen molar-refractivity contribution >= 4 is 11.3 Å². The third kappa shape index (κ3) is 2.32. The molecular formula is C11H16OS. The summed E-state index contributed by atoms with van der Waals surface area (Å²) in [4.78, 5) is 1.40. The van der Waals surface area contributed by atoms with Crippen LogP contribution in [-0.2, 0) is 6.42 Å². The second kappa shape index (κ2) is 3.81. The van der Waals surface area contributed by atoms with E-state index in [0.29, 0.717) is 0 Å². The fourth-order valence-corrected chi connectivity index (χ4v) is 2.80. The topological polar surface area (TPSA) is 20.2 Å². The third-order valence-electron chi connectivity index (χ3n) is 2.95. The Morgan fingerprint density at radius 3 is 2.77 bits per heavy atom. The predicted octanol–water partition coefficient (Wildman–Crippen LogP) is 2.99. The minimum absolute atomic E-state index is 0.329. The van der Waals surface area contributed by atoms with Crippen LogP contribution in [0.3, 0.4) is 0 Å². The minimum atomic E-state index is -0.329. The van der Waals surface area contributed by atoms with Crippen LogP contribution in [0, 0.1) is 0 Å². The van der Waals surface area contributed by atoms with Crippen LogP contribution in [-0.4, -0.2) is 10.7 Å². The van der Waals surface area contributed by atoms with Crippen molar-refractivity contribution in [2.45, 2.75) is 44.1 Å². The van der Waals surface area contributed by atoms with Crippen molar-refractivity contribution in [1.82, 2.24) is 0 Å². The van der Waals surface area contributed by atoms with Crippen molar-refractivity contribution in [1.29, 1.82) is 0 Å². The summed E-state index contributed by atoms with van der Waals surface area (Å²) in [6, 6.07) is 4.24. The molecule has 0 saturated heterocycles. The number of rotatable bonds is 3. The maximum absolute atomic E-state index is 10.1. The highest BCUT2D eigenvalue weighted by Crippen LogP contribution is 2.33. The van der Waals surface area contributed by atoms with Crippen molar-refractivity contribution in [3.05, 3.63) is 22.4 Å². The monoisotopic (exact) mass is 196 g/mol. The van der Waals surface area contributed by atoms with E-state index in [4.69, 9.17) is 0 Å². The Balaban J connectivity index is 1.85. The van der Waals surface area contributed by atoms with Crippen LogP contribution >= 0.6 is 11.3 Å². The van der Waals surface area contributed by atoms with Gasteiger partial charge in [-0.1, -0.05) is 18.9 Å². The molecule has 0 radical (unpaired) electrons. The molecule has 1 aliphatic rings. The maximum atomic E-state index is 10.1. The molecule has 0 spiro atoms. The lowest BCUT2D eigenvalue weighted by Gasteiger charge is -2.21. The minimum Gasteiger partial charge on any atom is -0.390 e. The van der Waals surface area contributed by atoms with E-state index >= 15 is 0 Å². The van der Waals surface area contributed by atoms with E-state index in [-0.39, 0.29) is 5.60 Å². The van der Waals surface area contributed by atoms with Gasteiger partial charge >= 0.3 is 0 Å². The van der Waals surface area contributed by atoms with Crippen molar-refractivity contribution < 1.29 is 5.11 Å². The number of hydrogen-bond acceptors (Lipinski definition) is 2. The largest absolute Gasteiger partial charge is 0.390 e. The molecule has 0 bridgehead atoms. The van der Waals surface area contributed by atoms with E-state index in [1.54, 1.807) is 11.3 Å². The van der Waals surface area contributed by atoms with E-state index in [0.717, 1.165) is 25.7 Å². The molecule has 0 atom stereocenters. The van der Waals surface area contributed by atoms with Crippen molar-refractivity contribution in [2.75, 3.05) is 0 Å². The van der Waals surface area contributed by atoms with E-state index in [9.17, 15) is 5.11 Å². The zero-order valence-corrected chi connectivity index (χ0v) is 8.65. The van der Waals surface area contributed by atoms with Crippen LogP contribution in [0.25, 0.3) is 0 Å². The summed E-state index contributed by atoms with van der Waals surface area (Å²) < 4.78 is 0. The van der Waals surface area contributed by atoms with Gasteiger partial charge < -0.3 is 5.11 Å². The van der Waals surface area contributed by atoms with Crippen LogP contribution in [0.5, 0.6) is 0 Å². The first-order valence-corrected chi connectivity index (χ1v) is 5.91. The van der Waals surface area contributed by atoms with Crippen molar-refractivity contribution in [3.8, 4) is 0 Å². The van der Waals surface area contributed by atoms with Gasteiger partial charge in [-0.05, 0) is 37.1 Å². The molecule has 2 heteroatoms. The van der Waals surface area contributed by atoms with Crippen LogP contribution < -0.4 is 0 Å². The van der Waals surface area contributed by atoms with Gasteiger partial charge in [0.15, 0.2) is 0 Å². The van der Waals surface area contributed by atoms with Gasteiger partial charge in [-0.2, -0.15) is 0 Å².